The van der Waals surface area contributed by atoms with Gasteiger partial charge in [-0.25, -0.2) is 9.78 Å². The first-order chi connectivity index (χ1) is 13.9. The summed E-state index contributed by atoms with van der Waals surface area (Å²) in [6, 6.07) is 6.48. The van der Waals surface area contributed by atoms with Gasteiger partial charge < -0.3 is 4.90 Å². The van der Waals surface area contributed by atoms with E-state index in [4.69, 9.17) is 0 Å². The highest BCUT2D eigenvalue weighted by molar-refractivity contribution is 7.12. The first-order valence-corrected chi connectivity index (χ1v) is 10.2. The number of likely N-dealkylation sites (tertiary alicyclic amines) is 1. The maximum atomic E-state index is 13.1. The summed E-state index contributed by atoms with van der Waals surface area (Å²) in [7, 11) is 2.92. The molecular weight excluding hydrogens is 392 g/mol. The first kappa shape index (κ1) is 19.3. The number of aryl methyl sites for hydroxylation is 1. The van der Waals surface area contributed by atoms with Crippen molar-refractivity contribution in [3.05, 3.63) is 61.1 Å². The van der Waals surface area contributed by atoms with Crippen LogP contribution in [0.5, 0.6) is 0 Å². The summed E-state index contributed by atoms with van der Waals surface area (Å²) < 4.78 is 2.27. The second-order valence-corrected chi connectivity index (χ2v) is 8.12. The van der Waals surface area contributed by atoms with Gasteiger partial charge in [-0.15, -0.1) is 11.3 Å². The van der Waals surface area contributed by atoms with E-state index in [-0.39, 0.29) is 40.9 Å². The van der Waals surface area contributed by atoms with Crippen LogP contribution in [0.15, 0.2) is 39.2 Å². The molecular formula is C20H20N4O4S. The predicted octanol–water partition coefficient (Wildman–Crippen LogP) is 1.57. The predicted molar refractivity (Wildman–Crippen MR) is 110 cm³/mol. The minimum Gasteiger partial charge on any atom is -0.334 e. The molecule has 29 heavy (non-hydrogen) atoms. The van der Waals surface area contributed by atoms with Crippen LogP contribution in [0.4, 0.5) is 0 Å². The molecule has 0 spiro atoms. The van der Waals surface area contributed by atoms with E-state index >= 15 is 0 Å². The van der Waals surface area contributed by atoms with Crippen molar-refractivity contribution in [2.24, 2.45) is 14.1 Å². The molecule has 4 rings (SSSR count). The number of carbonyl (C=O) groups excluding carboxylic acids is 2. The molecule has 0 aliphatic carbocycles. The van der Waals surface area contributed by atoms with Gasteiger partial charge in [0.15, 0.2) is 5.78 Å². The van der Waals surface area contributed by atoms with E-state index in [1.54, 1.807) is 11.0 Å². The molecule has 8 nitrogen and oxygen atoms in total. The number of hydrogen-bond acceptors (Lipinski definition) is 6. The average molecular weight is 412 g/mol. The zero-order valence-electron chi connectivity index (χ0n) is 16.1. The van der Waals surface area contributed by atoms with Crippen LogP contribution < -0.4 is 11.2 Å². The number of ketones is 1. The molecule has 0 bridgehead atoms. The molecule has 0 saturated carbocycles. The van der Waals surface area contributed by atoms with E-state index in [2.05, 4.69) is 4.98 Å². The molecule has 9 heteroatoms. The van der Waals surface area contributed by atoms with Crippen molar-refractivity contribution in [2.45, 2.75) is 25.3 Å². The fraction of sp³-hybridized carbons (Fsp3) is 0.350. The lowest BCUT2D eigenvalue weighted by atomic mass is 10.1. The van der Waals surface area contributed by atoms with Crippen molar-refractivity contribution >= 4 is 34.1 Å². The number of amides is 1. The molecule has 1 amide bonds. The number of thiophene rings is 1. The van der Waals surface area contributed by atoms with Gasteiger partial charge in [0, 0.05) is 33.1 Å². The molecule has 4 heterocycles. The summed E-state index contributed by atoms with van der Waals surface area (Å²) in [5.74, 6) is -0.261. The Morgan fingerprint density at radius 3 is 2.69 bits per heavy atom. The Bertz CT molecular complexity index is 1230. The monoisotopic (exact) mass is 412 g/mol. The van der Waals surface area contributed by atoms with Crippen LogP contribution in [0.3, 0.4) is 0 Å². The Morgan fingerprint density at radius 1 is 1.17 bits per heavy atom. The number of aromatic nitrogens is 3. The minimum absolute atomic E-state index is 0.0297. The molecule has 1 saturated heterocycles. The second-order valence-electron chi connectivity index (χ2n) is 7.17. The van der Waals surface area contributed by atoms with Crippen molar-refractivity contribution in [1.29, 1.82) is 0 Å². The number of pyridine rings is 1. The third-order valence-electron chi connectivity index (χ3n) is 5.38. The lowest BCUT2D eigenvalue weighted by Crippen LogP contribution is -2.39. The van der Waals surface area contributed by atoms with Crippen molar-refractivity contribution in [3.8, 4) is 0 Å². The van der Waals surface area contributed by atoms with Gasteiger partial charge >= 0.3 is 5.69 Å². The van der Waals surface area contributed by atoms with Gasteiger partial charge in [0.05, 0.1) is 10.3 Å². The van der Waals surface area contributed by atoms with Crippen molar-refractivity contribution < 1.29 is 9.59 Å². The summed E-state index contributed by atoms with van der Waals surface area (Å²) in [5, 5.41) is 2.13. The zero-order chi connectivity index (χ0) is 20.7. The normalized spacial score (nSPS) is 16.5. The molecule has 1 fully saturated rings. The average Bonchev–Trinajstić information content (AvgIpc) is 3.42. The SMILES string of the molecule is Cn1c(=O)c2ccc(C(=O)N3CCC[C@H]3CC(=O)c3cccs3)nc2n(C)c1=O. The van der Waals surface area contributed by atoms with Crippen LogP contribution >= 0.6 is 11.3 Å². The number of hydrogen-bond donors (Lipinski definition) is 0. The van der Waals surface area contributed by atoms with E-state index < -0.39 is 11.2 Å². The Labute approximate surface area is 170 Å². The summed E-state index contributed by atoms with van der Waals surface area (Å²) in [6.45, 7) is 0.552. The highest BCUT2D eigenvalue weighted by Gasteiger charge is 2.32. The zero-order valence-corrected chi connectivity index (χ0v) is 16.9. The summed E-state index contributed by atoms with van der Waals surface area (Å²) in [6.07, 6.45) is 1.86. The van der Waals surface area contributed by atoms with Crippen LogP contribution in [-0.2, 0) is 14.1 Å². The number of rotatable bonds is 4. The molecule has 0 unspecified atom stereocenters. The van der Waals surface area contributed by atoms with Crippen molar-refractivity contribution in [2.75, 3.05) is 6.54 Å². The van der Waals surface area contributed by atoms with Gasteiger partial charge in [-0.1, -0.05) is 6.07 Å². The van der Waals surface area contributed by atoms with E-state index in [0.717, 1.165) is 17.4 Å². The summed E-state index contributed by atoms with van der Waals surface area (Å²) in [4.78, 5) is 56.8. The Kier molecular flexibility index (Phi) is 4.91. The van der Waals surface area contributed by atoms with E-state index in [9.17, 15) is 19.2 Å². The molecule has 150 valence electrons. The maximum Gasteiger partial charge on any atom is 0.332 e. The number of fused-ring (bicyclic) bond motifs is 1. The Balaban J connectivity index is 1.65. The quantitative estimate of drug-likeness (QED) is 0.607. The van der Waals surface area contributed by atoms with Crippen LogP contribution in [0.25, 0.3) is 11.0 Å². The molecule has 3 aromatic heterocycles. The first-order valence-electron chi connectivity index (χ1n) is 9.33. The van der Waals surface area contributed by atoms with Crippen LogP contribution in [0.1, 0.15) is 39.4 Å². The van der Waals surface area contributed by atoms with E-state index in [1.165, 1.54) is 42.1 Å². The van der Waals surface area contributed by atoms with Gasteiger partial charge in [0.1, 0.15) is 11.3 Å². The highest BCUT2D eigenvalue weighted by Crippen LogP contribution is 2.25. The Morgan fingerprint density at radius 2 is 1.97 bits per heavy atom. The van der Waals surface area contributed by atoms with Crippen molar-refractivity contribution in [1.82, 2.24) is 19.0 Å². The standard InChI is InChI=1S/C20H20N4O4S/c1-22-17-13(18(26)23(2)20(22)28)7-8-14(21-17)19(27)24-9-3-5-12(24)11-15(25)16-6-4-10-29-16/h4,6-8,10,12H,3,5,9,11H2,1-2H3/t12-/m0/s1. The van der Waals surface area contributed by atoms with E-state index in [1.807, 2.05) is 11.4 Å². The smallest absolute Gasteiger partial charge is 0.332 e. The van der Waals surface area contributed by atoms with Crippen LogP contribution in [-0.4, -0.2) is 43.3 Å². The summed E-state index contributed by atoms with van der Waals surface area (Å²) >= 11 is 1.40. The van der Waals surface area contributed by atoms with Gasteiger partial charge in [-0.2, -0.15) is 0 Å². The van der Waals surface area contributed by atoms with Gasteiger partial charge in [0.25, 0.3) is 11.5 Å². The molecule has 0 radical (unpaired) electrons. The fourth-order valence-corrected chi connectivity index (χ4v) is 4.46. The molecule has 0 N–H and O–H groups in total. The topological polar surface area (TPSA) is 94.3 Å². The summed E-state index contributed by atoms with van der Waals surface area (Å²) in [5.41, 5.74) is -0.610. The molecule has 0 aromatic carbocycles. The number of nitrogens with zero attached hydrogens (tertiary/aromatic N) is 4. The van der Waals surface area contributed by atoms with Crippen LogP contribution in [0.2, 0.25) is 0 Å². The fourth-order valence-electron chi connectivity index (χ4n) is 3.79. The third kappa shape index (κ3) is 3.31. The largest absolute Gasteiger partial charge is 0.334 e. The molecule has 3 aromatic rings. The molecule has 1 atom stereocenters. The number of Topliss-reactive ketones (excluding diaryl/α,β-unsaturated/α-hetero) is 1. The van der Waals surface area contributed by atoms with Crippen molar-refractivity contribution in [3.63, 3.8) is 0 Å². The highest BCUT2D eigenvalue weighted by atomic mass is 32.1. The lowest BCUT2D eigenvalue weighted by molar-refractivity contribution is 0.0712. The lowest BCUT2D eigenvalue weighted by Gasteiger charge is -2.24. The van der Waals surface area contributed by atoms with Crippen LogP contribution in [0, 0.1) is 0 Å². The van der Waals surface area contributed by atoms with Gasteiger partial charge in [-0.05, 0) is 36.4 Å². The Hall–Kier alpha value is -3.07. The van der Waals surface area contributed by atoms with Gasteiger partial charge in [0.2, 0.25) is 0 Å². The minimum atomic E-state index is -0.500. The maximum absolute atomic E-state index is 13.1. The molecule has 1 aliphatic heterocycles. The van der Waals surface area contributed by atoms with Gasteiger partial charge in [-0.3, -0.25) is 23.5 Å². The third-order valence-corrected chi connectivity index (χ3v) is 6.29. The second kappa shape index (κ2) is 7.40. The molecule has 1 aliphatic rings. The number of carbonyl (C=O) groups is 2. The van der Waals surface area contributed by atoms with E-state index in [0.29, 0.717) is 11.4 Å².